The van der Waals surface area contributed by atoms with Gasteiger partial charge >= 0.3 is 5.97 Å². The van der Waals surface area contributed by atoms with E-state index in [1.807, 2.05) is 6.92 Å². The van der Waals surface area contributed by atoms with Crippen LogP contribution in [-0.2, 0) is 19.4 Å². The van der Waals surface area contributed by atoms with Crippen LogP contribution in [0, 0.1) is 0 Å². The van der Waals surface area contributed by atoms with Gasteiger partial charge in [0.05, 0.1) is 4.90 Å². The summed E-state index contributed by atoms with van der Waals surface area (Å²) in [6.45, 7) is 1.91. The lowest BCUT2D eigenvalue weighted by molar-refractivity contribution is -0.139. The lowest BCUT2D eigenvalue weighted by Gasteiger charge is -2.14. The Morgan fingerprint density at radius 1 is 1.21 bits per heavy atom. The van der Waals surface area contributed by atoms with Crippen molar-refractivity contribution in [3.05, 3.63) is 29.8 Å². The van der Waals surface area contributed by atoms with Crippen molar-refractivity contribution in [2.24, 2.45) is 5.73 Å². The SMILES string of the molecule is CCCCC(NC(=O)c1ccc(S(=O)(=O)CC(N)=O)cc1)C(=O)O. The van der Waals surface area contributed by atoms with E-state index in [-0.39, 0.29) is 10.5 Å². The fourth-order valence-electron chi connectivity index (χ4n) is 1.99. The fraction of sp³-hybridized carbons (Fsp3) is 0.400. The zero-order valence-electron chi connectivity index (χ0n) is 13.2. The molecule has 8 nitrogen and oxygen atoms in total. The maximum Gasteiger partial charge on any atom is 0.326 e. The van der Waals surface area contributed by atoms with Crippen molar-refractivity contribution in [1.29, 1.82) is 0 Å². The van der Waals surface area contributed by atoms with Crippen LogP contribution in [0.25, 0.3) is 0 Å². The third kappa shape index (κ3) is 5.65. The molecule has 0 saturated carbocycles. The number of hydrogen-bond donors (Lipinski definition) is 3. The van der Waals surface area contributed by atoms with Crippen LogP contribution < -0.4 is 11.1 Å². The summed E-state index contributed by atoms with van der Waals surface area (Å²) in [7, 11) is -3.85. The Morgan fingerprint density at radius 3 is 2.25 bits per heavy atom. The average molecular weight is 356 g/mol. The predicted octanol–water partition coefficient (Wildman–Crippen LogP) is 0.319. The Labute approximate surface area is 140 Å². The molecule has 1 rings (SSSR count). The second-order valence-corrected chi connectivity index (χ2v) is 7.25. The molecule has 0 heterocycles. The van der Waals surface area contributed by atoms with E-state index in [0.717, 1.165) is 6.42 Å². The van der Waals surface area contributed by atoms with Crippen LogP contribution >= 0.6 is 0 Å². The van der Waals surface area contributed by atoms with Crippen LogP contribution in [0.1, 0.15) is 36.5 Å². The van der Waals surface area contributed by atoms with Crippen LogP contribution in [-0.4, -0.2) is 43.1 Å². The molecule has 2 amide bonds. The van der Waals surface area contributed by atoms with Gasteiger partial charge in [0.2, 0.25) is 5.91 Å². The molecule has 0 aliphatic rings. The second-order valence-electron chi connectivity index (χ2n) is 5.26. The van der Waals surface area contributed by atoms with Gasteiger partial charge in [-0.05, 0) is 30.7 Å². The van der Waals surface area contributed by atoms with Crippen LogP contribution in [0.15, 0.2) is 29.2 Å². The summed E-state index contributed by atoms with van der Waals surface area (Å²) in [5.74, 6) is -3.54. The molecular formula is C15H20N2O6S. The van der Waals surface area contributed by atoms with Gasteiger partial charge in [-0.15, -0.1) is 0 Å². The molecule has 24 heavy (non-hydrogen) atoms. The zero-order valence-corrected chi connectivity index (χ0v) is 14.0. The summed E-state index contributed by atoms with van der Waals surface area (Å²) >= 11 is 0. The van der Waals surface area contributed by atoms with Crippen molar-refractivity contribution in [2.45, 2.75) is 37.1 Å². The standard InChI is InChI=1S/C15H20N2O6S/c1-2-3-4-12(15(20)21)17-14(19)10-5-7-11(8-6-10)24(22,23)9-13(16)18/h5-8,12H,2-4,9H2,1H3,(H2,16,18)(H,17,19)(H,20,21). The minimum absolute atomic E-state index is 0.121. The maximum absolute atomic E-state index is 12.1. The van der Waals surface area contributed by atoms with E-state index < -0.39 is 39.4 Å². The summed E-state index contributed by atoms with van der Waals surface area (Å²) < 4.78 is 23.7. The molecule has 0 fully saturated rings. The molecule has 0 radical (unpaired) electrons. The van der Waals surface area contributed by atoms with Crippen molar-refractivity contribution in [1.82, 2.24) is 5.32 Å². The lowest BCUT2D eigenvalue weighted by atomic mass is 10.1. The topological polar surface area (TPSA) is 144 Å². The quantitative estimate of drug-likeness (QED) is 0.581. The van der Waals surface area contributed by atoms with E-state index in [0.29, 0.717) is 12.8 Å². The fourth-order valence-corrected chi connectivity index (χ4v) is 3.08. The normalized spacial score (nSPS) is 12.4. The molecule has 1 unspecified atom stereocenters. The summed E-state index contributed by atoms with van der Waals surface area (Å²) in [5.41, 5.74) is 5.00. The van der Waals surface area contributed by atoms with E-state index >= 15 is 0 Å². The first kappa shape index (κ1) is 19.6. The molecule has 1 aromatic rings. The third-order valence-electron chi connectivity index (χ3n) is 3.26. The Morgan fingerprint density at radius 2 is 1.79 bits per heavy atom. The largest absolute Gasteiger partial charge is 0.480 e. The number of sulfone groups is 1. The summed E-state index contributed by atoms with van der Waals surface area (Å²) in [5, 5.41) is 11.5. The molecular weight excluding hydrogens is 336 g/mol. The van der Waals surface area contributed by atoms with Crippen LogP contribution in [0.4, 0.5) is 0 Å². The monoisotopic (exact) mass is 356 g/mol. The van der Waals surface area contributed by atoms with Crippen LogP contribution in [0.3, 0.4) is 0 Å². The van der Waals surface area contributed by atoms with Gasteiger partial charge in [-0.25, -0.2) is 13.2 Å². The van der Waals surface area contributed by atoms with Crippen LogP contribution in [0.2, 0.25) is 0 Å². The molecule has 0 bridgehead atoms. The first-order valence-corrected chi connectivity index (χ1v) is 8.97. The Balaban J connectivity index is 2.86. The van der Waals surface area contributed by atoms with Gasteiger partial charge in [0.25, 0.3) is 5.91 Å². The van der Waals surface area contributed by atoms with Gasteiger partial charge < -0.3 is 16.2 Å². The summed E-state index contributed by atoms with van der Waals surface area (Å²) in [6.07, 6.45) is 1.76. The predicted molar refractivity (Wildman–Crippen MR) is 86.1 cm³/mol. The van der Waals surface area contributed by atoms with Gasteiger partial charge in [-0.3, -0.25) is 9.59 Å². The first-order chi connectivity index (χ1) is 11.2. The number of carbonyl (C=O) groups is 3. The van der Waals surface area contributed by atoms with E-state index in [9.17, 15) is 22.8 Å². The molecule has 1 atom stereocenters. The highest BCUT2D eigenvalue weighted by Gasteiger charge is 2.21. The molecule has 0 saturated heterocycles. The van der Waals surface area contributed by atoms with Crippen molar-refractivity contribution in [3.8, 4) is 0 Å². The van der Waals surface area contributed by atoms with Crippen LogP contribution in [0.5, 0.6) is 0 Å². The molecule has 0 aromatic heterocycles. The molecule has 1 aromatic carbocycles. The molecule has 0 spiro atoms. The number of hydrogen-bond acceptors (Lipinski definition) is 5. The highest BCUT2D eigenvalue weighted by Crippen LogP contribution is 2.13. The van der Waals surface area contributed by atoms with E-state index in [1.54, 1.807) is 0 Å². The van der Waals surface area contributed by atoms with E-state index in [2.05, 4.69) is 5.32 Å². The minimum atomic E-state index is -3.85. The van der Waals surface area contributed by atoms with E-state index in [1.165, 1.54) is 24.3 Å². The van der Waals surface area contributed by atoms with Crippen molar-refractivity contribution < 1.29 is 27.9 Å². The highest BCUT2D eigenvalue weighted by atomic mass is 32.2. The number of carbonyl (C=O) groups excluding carboxylic acids is 2. The van der Waals surface area contributed by atoms with E-state index in [4.69, 9.17) is 10.8 Å². The second kappa shape index (κ2) is 8.44. The molecule has 4 N–H and O–H groups in total. The van der Waals surface area contributed by atoms with Crippen molar-refractivity contribution in [2.75, 3.05) is 5.75 Å². The van der Waals surface area contributed by atoms with Gasteiger partial charge in [0, 0.05) is 5.56 Å². The Bertz CT molecular complexity index is 712. The minimum Gasteiger partial charge on any atom is -0.480 e. The molecule has 9 heteroatoms. The van der Waals surface area contributed by atoms with Gasteiger partial charge in [0.15, 0.2) is 9.84 Å². The molecule has 132 valence electrons. The van der Waals surface area contributed by atoms with Gasteiger partial charge in [-0.1, -0.05) is 19.8 Å². The third-order valence-corrected chi connectivity index (χ3v) is 4.91. The van der Waals surface area contributed by atoms with Crippen molar-refractivity contribution >= 4 is 27.6 Å². The number of primary amides is 1. The molecule has 0 aliphatic heterocycles. The summed E-state index contributed by atoms with van der Waals surface area (Å²) in [4.78, 5) is 33.8. The number of carboxylic acid groups (broad SMARTS) is 1. The number of nitrogens with one attached hydrogen (secondary N) is 1. The summed E-state index contributed by atoms with van der Waals surface area (Å²) in [6, 6.07) is 3.85. The number of aliphatic carboxylic acids is 1. The first-order valence-electron chi connectivity index (χ1n) is 7.32. The van der Waals surface area contributed by atoms with Gasteiger partial charge in [0.1, 0.15) is 11.8 Å². The smallest absolute Gasteiger partial charge is 0.326 e. The number of carboxylic acids is 1. The Hall–Kier alpha value is -2.42. The number of nitrogens with two attached hydrogens (primary N) is 1. The number of unbranched alkanes of at least 4 members (excludes halogenated alkanes) is 1. The van der Waals surface area contributed by atoms with Gasteiger partial charge in [-0.2, -0.15) is 0 Å². The number of rotatable bonds is 9. The maximum atomic E-state index is 12.1. The average Bonchev–Trinajstić information content (AvgIpc) is 2.49. The molecule has 0 aliphatic carbocycles. The highest BCUT2D eigenvalue weighted by molar-refractivity contribution is 7.92. The lowest BCUT2D eigenvalue weighted by Crippen LogP contribution is -2.40. The number of amides is 2. The van der Waals surface area contributed by atoms with Crippen molar-refractivity contribution in [3.63, 3.8) is 0 Å². The zero-order chi connectivity index (χ0) is 18.3. The Kier molecular flexibility index (Phi) is 6.90. The number of benzene rings is 1.